The molecule has 6 nitrogen and oxygen atoms in total. The van der Waals surface area contributed by atoms with Gasteiger partial charge in [-0.3, -0.25) is 4.79 Å². The molecule has 4 heterocycles. The summed E-state index contributed by atoms with van der Waals surface area (Å²) >= 11 is 1.66. The molecule has 1 aliphatic carbocycles. The zero-order valence-electron chi connectivity index (χ0n) is 15.4. The minimum absolute atomic E-state index is 0.0914. The van der Waals surface area contributed by atoms with E-state index >= 15 is 0 Å². The first-order valence-electron chi connectivity index (χ1n) is 9.96. The van der Waals surface area contributed by atoms with Crippen LogP contribution in [0, 0.1) is 0 Å². The summed E-state index contributed by atoms with van der Waals surface area (Å²) in [5, 5.41) is 3.22. The first kappa shape index (κ1) is 17.3. The van der Waals surface area contributed by atoms with E-state index in [1.807, 2.05) is 0 Å². The van der Waals surface area contributed by atoms with Crippen LogP contribution < -0.4 is 10.2 Å². The molecule has 0 radical (unpaired) electrons. The van der Waals surface area contributed by atoms with Gasteiger partial charge in [0, 0.05) is 30.4 Å². The third-order valence-corrected chi connectivity index (χ3v) is 7.38. The van der Waals surface area contributed by atoms with Gasteiger partial charge in [-0.05, 0) is 37.3 Å². The van der Waals surface area contributed by atoms with Gasteiger partial charge >= 0.3 is 0 Å². The molecule has 1 spiro atoms. The Bertz CT molecular complexity index is 803. The van der Waals surface area contributed by atoms with E-state index in [-0.39, 0.29) is 11.5 Å². The Morgan fingerprint density at radius 2 is 2.11 bits per heavy atom. The van der Waals surface area contributed by atoms with Gasteiger partial charge in [0.15, 0.2) is 0 Å². The average molecular weight is 388 g/mol. The van der Waals surface area contributed by atoms with E-state index < -0.39 is 0 Å². The van der Waals surface area contributed by atoms with E-state index in [0.29, 0.717) is 12.1 Å². The lowest BCUT2D eigenvalue weighted by Gasteiger charge is -2.43. The Labute approximate surface area is 162 Å². The molecular formula is C20H25N3O3S. The Hall–Kier alpha value is -1.86. The number of nitrogens with one attached hydrogen (secondary N) is 1. The molecule has 1 amide bonds. The second kappa shape index (κ2) is 6.95. The van der Waals surface area contributed by atoms with E-state index in [1.165, 1.54) is 23.3 Å². The van der Waals surface area contributed by atoms with Gasteiger partial charge in [-0.15, -0.1) is 11.3 Å². The van der Waals surface area contributed by atoms with Crippen molar-refractivity contribution in [3.63, 3.8) is 0 Å². The van der Waals surface area contributed by atoms with Crippen LogP contribution in [0.15, 0.2) is 22.9 Å². The predicted molar refractivity (Wildman–Crippen MR) is 103 cm³/mol. The summed E-state index contributed by atoms with van der Waals surface area (Å²) in [6, 6.07) is 3.14. The zero-order chi connectivity index (χ0) is 18.3. The fourth-order valence-corrected chi connectivity index (χ4v) is 5.83. The standard InChI is InChI=1S/C20H25N3O3S/c24-18(22-14-3-1-2-4-14)17-13-15-16(27-17)5-11-26-20(15)6-9-23(10-7-20)19-21-8-12-25-19/h8,12-14H,1-7,9-11H2,(H,22,24). The monoisotopic (exact) mass is 387 g/mol. The molecule has 5 rings (SSSR count). The number of nitrogens with zero attached hydrogens (tertiary/aromatic N) is 2. The van der Waals surface area contributed by atoms with E-state index in [2.05, 4.69) is 21.3 Å². The van der Waals surface area contributed by atoms with E-state index in [4.69, 9.17) is 9.15 Å². The lowest BCUT2D eigenvalue weighted by atomic mass is 9.82. The van der Waals surface area contributed by atoms with Gasteiger partial charge in [0.05, 0.1) is 23.3 Å². The molecule has 1 N–H and O–H groups in total. The van der Waals surface area contributed by atoms with Crippen LogP contribution in [0.2, 0.25) is 0 Å². The number of piperidine rings is 1. The smallest absolute Gasteiger partial charge is 0.297 e. The minimum Gasteiger partial charge on any atom is -0.432 e. The minimum atomic E-state index is -0.265. The van der Waals surface area contributed by atoms with Crippen molar-refractivity contribution in [2.75, 3.05) is 24.6 Å². The maximum Gasteiger partial charge on any atom is 0.297 e. The van der Waals surface area contributed by atoms with E-state index in [0.717, 1.165) is 56.7 Å². The number of carbonyl (C=O) groups excluding carboxylic acids is 1. The van der Waals surface area contributed by atoms with Gasteiger partial charge in [0.1, 0.15) is 6.26 Å². The Kier molecular flexibility index (Phi) is 4.44. The molecule has 0 atom stereocenters. The highest BCUT2D eigenvalue weighted by Crippen LogP contribution is 2.45. The molecule has 7 heteroatoms. The van der Waals surface area contributed by atoms with Crippen LogP contribution in [0.3, 0.4) is 0 Å². The van der Waals surface area contributed by atoms with Crippen LogP contribution in [0.4, 0.5) is 6.01 Å². The van der Waals surface area contributed by atoms with Crippen molar-refractivity contribution in [3.05, 3.63) is 33.8 Å². The van der Waals surface area contributed by atoms with Crippen molar-refractivity contribution in [2.45, 2.75) is 56.6 Å². The molecule has 2 aliphatic heterocycles. The summed E-state index contributed by atoms with van der Waals surface area (Å²) in [5.41, 5.74) is 0.973. The van der Waals surface area contributed by atoms with Crippen molar-refractivity contribution in [3.8, 4) is 0 Å². The number of oxazole rings is 1. The van der Waals surface area contributed by atoms with Gasteiger partial charge in [-0.25, -0.2) is 4.98 Å². The normalized spacial score (nSPS) is 22.1. The second-order valence-corrected chi connectivity index (χ2v) is 8.93. The second-order valence-electron chi connectivity index (χ2n) is 7.80. The number of carbonyl (C=O) groups is 1. The van der Waals surface area contributed by atoms with Crippen molar-refractivity contribution in [1.82, 2.24) is 10.3 Å². The van der Waals surface area contributed by atoms with Gasteiger partial charge < -0.3 is 19.4 Å². The molecular weight excluding hydrogens is 362 g/mol. The summed E-state index contributed by atoms with van der Waals surface area (Å²) in [7, 11) is 0. The fourth-order valence-electron chi connectivity index (χ4n) is 4.70. The van der Waals surface area contributed by atoms with Gasteiger partial charge in [-0.1, -0.05) is 12.8 Å². The van der Waals surface area contributed by atoms with Gasteiger partial charge in [0.2, 0.25) is 0 Å². The molecule has 27 heavy (non-hydrogen) atoms. The molecule has 0 unspecified atom stereocenters. The highest BCUT2D eigenvalue weighted by molar-refractivity contribution is 7.14. The average Bonchev–Trinajstić information content (AvgIpc) is 3.44. The molecule has 144 valence electrons. The first-order valence-corrected chi connectivity index (χ1v) is 10.8. The molecule has 1 saturated carbocycles. The van der Waals surface area contributed by atoms with Crippen molar-refractivity contribution < 1.29 is 13.9 Å². The maximum absolute atomic E-state index is 12.7. The zero-order valence-corrected chi connectivity index (χ0v) is 16.2. The maximum atomic E-state index is 12.7. The van der Waals surface area contributed by atoms with Crippen LogP contribution in [-0.2, 0) is 16.8 Å². The van der Waals surface area contributed by atoms with Crippen molar-refractivity contribution >= 4 is 23.3 Å². The third-order valence-electron chi connectivity index (χ3n) is 6.18. The van der Waals surface area contributed by atoms with E-state index in [9.17, 15) is 4.79 Å². The number of aromatic nitrogens is 1. The number of ether oxygens (including phenoxy) is 1. The molecule has 0 bridgehead atoms. The van der Waals surface area contributed by atoms with Gasteiger partial charge in [0.25, 0.3) is 11.9 Å². The lowest BCUT2D eigenvalue weighted by Crippen LogP contribution is -2.46. The quantitative estimate of drug-likeness (QED) is 0.873. The first-order chi connectivity index (χ1) is 13.2. The number of rotatable bonds is 3. The molecule has 2 aromatic rings. The van der Waals surface area contributed by atoms with Crippen LogP contribution in [0.5, 0.6) is 0 Å². The SMILES string of the molecule is O=C(NC1CCCC1)c1cc2c(s1)CCOC21CCN(c2ncco2)CC1. The van der Waals surface area contributed by atoms with Crippen LogP contribution in [0.25, 0.3) is 0 Å². The predicted octanol–water partition coefficient (Wildman–Crippen LogP) is 3.48. The topological polar surface area (TPSA) is 67.6 Å². The summed E-state index contributed by atoms with van der Waals surface area (Å²) in [4.78, 5) is 21.3. The number of thiophene rings is 1. The van der Waals surface area contributed by atoms with Crippen LogP contribution in [0.1, 0.15) is 58.6 Å². The Morgan fingerprint density at radius 1 is 1.30 bits per heavy atom. The number of amides is 1. The van der Waals surface area contributed by atoms with Crippen molar-refractivity contribution in [2.24, 2.45) is 0 Å². The summed E-state index contributed by atoms with van der Waals surface area (Å²) < 4.78 is 11.8. The Morgan fingerprint density at radius 3 is 2.85 bits per heavy atom. The molecule has 2 fully saturated rings. The van der Waals surface area contributed by atoms with E-state index in [1.54, 1.807) is 23.8 Å². The highest BCUT2D eigenvalue weighted by Gasteiger charge is 2.43. The van der Waals surface area contributed by atoms with Crippen molar-refractivity contribution in [1.29, 1.82) is 0 Å². The summed E-state index contributed by atoms with van der Waals surface area (Å²) in [5.74, 6) is 0.0914. The summed E-state index contributed by atoms with van der Waals surface area (Å²) in [6.45, 7) is 2.43. The molecule has 1 saturated heterocycles. The molecule has 3 aliphatic rings. The van der Waals surface area contributed by atoms with Crippen LogP contribution >= 0.6 is 11.3 Å². The largest absolute Gasteiger partial charge is 0.432 e. The summed E-state index contributed by atoms with van der Waals surface area (Å²) in [6.07, 6.45) is 10.7. The number of anilines is 1. The molecule has 2 aromatic heterocycles. The molecule has 0 aromatic carbocycles. The number of fused-ring (bicyclic) bond motifs is 2. The lowest BCUT2D eigenvalue weighted by molar-refractivity contribution is -0.0760. The van der Waals surface area contributed by atoms with Gasteiger partial charge in [-0.2, -0.15) is 0 Å². The fraction of sp³-hybridized carbons (Fsp3) is 0.600. The highest BCUT2D eigenvalue weighted by atomic mass is 32.1. The third kappa shape index (κ3) is 3.17. The number of hydrogen-bond acceptors (Lipinski definition) is 6. The number of hydrogen-bond donors (Lipinski definition) is 1. The Balaban J connectivity index is 1.34. The van der Waals surface area contributed by atoms with Crippen LogP contribution in [-0.4, -0.2) is 36.6 Å².